The van der Waals surface area contributed by atoms with Gasteiger partial charge >= 0.3 is 0 Å². The van der Waals surface area contributed by atoms with Crippen LogP contribution in [-0.2, 0) is 22.6 Å². The molecule has 1 unspecified atom stereocenters. The van der Waals surface area contributed by atoms with Gasteiger partial charge in [0.05, 0.1) is 24.0 Å². The van der Waals surface area contributed by atoms with E-state index in [1.807, 2.05) is 66.7 Å². The van der Waals surface area contributed by atoms with Crippen molar-refractivity contribution in [2.24, 2.45) is 0 Å². The second kappa shape index (κ2) is 10.6. The lowest BCUT2D eigenvalue weighted by molar-refractivity contribution is -0.126. The standard InChI is InChI=1S/C28H24FN5O2S/c29-26(28(36)31-16-18-7-3-1-4-8-18)20-12-11-19-13-22(37-24(19)14-20)15-25(35)32-27-23(30)17-34(33-27)21-9-5-2-6-10-21/h1-14,17,26H,15-16,30H2,(H,31,36)(H,32,33,35). The molecule has 5 rings (SSSR count). The van der Waals surface area contributed by atoms with Crippen molar-refractivity contribution in [2.75, 3.05) is 11.1 Å². The SMILES string of the molecule is Nc1cn(-c2ccccc2)nc1NC(=O)Cc1cc2ccc(C(F)C(=O)NCc3ccccc3)cc2s1. The van der Waals surface area contributed by atoms with Crippen LogP contribution in [0.5, 0.6) is 0 Å². The van der Waals surface area contributed by atoms with E-state index in [9.17, 15) is 14.0 Å². The van der Waals surface area contributed by atoms with Crippen LogP contribution in [0.25, 0.3) is 15.8 Å². The van der Waals surface area contributed by atoms with Gasteiger partial charge in [-0.3, -0.25) is 9.59 Å². The lowest BCUT2D eigenvalue weighted by Crippen LogP contribution is -2.26. The number of nitrogens with zero attached hydrogens (tertiary/aromatic N) is 2. The highest BCUT2D eigenvalue weighted by molar-refractivity contribution is 7.19. The summed E-state index contributed by atoms with van der Waals surface area (Å²) in [5.74, 6) is -0.661. The number of halogens is 1. The summed E-state index contributed by atoms with van der Waals surface area (Å²) in [4.78, 5) is 25.8. The van der Waals surface area contributed by atoms with Gasteiger partial charge in [0.2, 0.25) is 12.1 Å². The molecule has 1 atom stereocenters. The van der Waals surface area contributed by atoms with Crippen molar-refractivity contribution in [3.63, 3.8) is 0 Å². The molecule has 0 aliphatic carbocycles. The molecule has 2 amide bonds. The zero-order valence-electron chi connectivity index (χ0n) is 19.7. The maximum Gasteiger partial charge on any atom is 0.259 e. The first-order valence-corrected chi connectivity index (χ1v) is 12.5. The van der Waals surface area contributed by atoms with Crippen molar-refractivity contribution >= 4 is 44.7 Å². The smallest absolute Gasteiger partial charge is 0.259 e. The van der Waals surface area contributed by atoms with Crippen molar-refractivity contribution in [1.29, 1.82) is 0 Å². The third-order valence-electron chi connectivity index (χ3n) is 5.78. The molecule has 0 radical (unpaired) electrons. The van der Waals surface area contributed by atoms with Crippen LogP contribution in [0.4, 0.5) is 15.9 Å². The summed E-state index contributed by atoms with van der Waals surface area (Å²) in [5, 5.41) is 10.6. The van der Waals surface area contributed by atoms with Gasteiger partial charge in [0.25, 0.3) is 5.91 Å². The molecule has 0 aliphatic rings. The Bertz CT molecular complexity index is 1550. The summed E-state index contributed by atoms with van der Waals surface area (Å²) in [6, 6.07) is 25.7. The van der Waals surface area contributed by atoms with Crippen LogP contribution in [0.3, 0.4) is 0 Å². The number of fused-ring (bicyclic) bond motifs is 1. The zero-order valence-corrected chi connectivity index (χ0v) is 20.5. The highest BCUT2D eigenvalue weighted by Gasteiger charge is 2.20. The predicted octanol–water partition coefficient (Wildman–Crippen LogP) is 5.18. The number of thiophene rings is 1. The van der Waals surface area contributed by atoms with E-state index in [2.05, 4.69) is 15.7 Å². The molecule has 2 heterocycles. The molecule has 5 aromatic rings. The second-order valence-electron chi connectivity index (χ2n) is 8.51. The molecule has 0 saturated heterocycles. The topological polar surface area (TPSA) is 102 Å². The van der Waals surface area contributed by atoms with E-state index >= 15 is 0 Å². The molecule has 0 spiro atoms. The Morgan fingerprint density at radius 1 is 1.00 bits per heavy atom. The van der Waals surface area contributed by atoms with Gasteiger partial charge in [-0.25, -0.2) is 9.07 Å². The third kappa shape index (κ3) is 5.68. The van der Waals surface area contributed by atoms with E-state index in [4.69, 9.17) is 5.73 Å². The Morgan fingerprint density at radius 2 is 1.73 bits per heavy atom. The maximum absolute atomic E-state index is 14.9. The number of carbonyl (C=O) groups excluding carboxylic acids is 2. The van der Waals surface area contributed by atoms with Crippen molar-refractivity contribution in [1.82, 2.24) is 15.1 Å². The molecule has 0 bridgehead atoms. The van der Waals surface area contributed by atoms with Gasteiger partial charge in [0.1, 0.15) is 0 Å². The van der Waals surface area contributed by atoms with Crippen molar-refractivity contribution in [2.45, 2.75) is 19.1 Å². The number of nitrogens with one attached hydrogen (secondary N) is 2. The van der Waals surface area contributed by atoms with Gasteiger partial charge in [-0.2, -0.15) is 0 Å². The first-order valence-electron chi connectivity index (χ1n) is 11.6. The number of hydrogen-bond donors (Lipinski definition) is 3. The van der Waals surface area contributed by atoms with Gasteiger partial charge in [0.15, 0.2) is 5.82 Å². The fourth-order valence-electron chi connectivity index (χ4n) is 3.91. The summed E-state index contributed by atoms with van der Waals surface area (Å²) in [6.45, 7) is 0.259. The molecule has 0 fully saturated rings. The Balaban J connectivity index is 1.23. The number of benzene rings is 3. The predicted molar refractivity (Wildman–Crippen MR) is 144 cm³/mol. The number of carbonyl (C=O) groups is 2. The number of aromatic nitrogens is 2. The number of anilines is 2. The van der Waals surface area contributed by atoms with E-state index in [-0.39, 0.29) is 24.4 Å². The Morgan fingerprint density at radius 3 is 2.49 bits per heavy atom. The molecule has 3 aromatic carbocycles. The van der Waals surface area contributed by atoms with Gasteiger partial charge in [-0.05, 0) is 40.8 Å². The molecule has 186 valence electrons. The lowest BCUT2D eigenvalue weighted by Gasteiger charge is -2.10. The van der Waals surface area contributed by atoms with Gasteiger partial charge in [-0.1, -0.05) is 60.7 Å². The second-order valence-corrected chi connectivity index (χ2v) is 9.68. The maximum atomic E-state index is 14.9. The van der Waals surface area contributed by atoms with E-state index in [0.29, 0.717) is 11.5 Å². The Labute approximate surface area is 216 Å². The average Bonchev–Trinajstić information content (AvgIpc) is 3.49. The normalized spacial score (nSPS) is 11.8. The first kappa shape index (κ1) is 24.2. The summed E-state index contributed by atoms with van der Waals surface area (Å²) in [6.07, 6.45) is -0.0252. The summed E-state index contributed by atoms with van der Waals surface area (Å²) < 4.78 is 17.3. The van der Waals surface area contributed by atoms with Crippen LogP contribution in [-0.4, -0.2) is 21.6 Å². The molecule has 7 nitrogen and oxygen atoms in total. The van der Waals surface area contributed by atoms with Crippen LogP contribution in [0.1, 0.15) is 22.2 Å². The molecular weight excluding hydrogens is 489 g/mol. The minimum Gasteiger partial charge on any atom is -0.394 e. The van der Waals surface area contributed by atoms with Crippen LogP contribution in [0.15, 0.2) is 91.1 Å². The number of nitrogen functional groups attached to an aromatic ring is 1. The van der Waals surface area contributed by atoms with Crippen molar-refractivity contribution in [3.8, 4) is 5.69 Å². The monoisotopic (exact) mass is 513 g/mol. The quantitative estimate of drug-likeness (QED) is 0.266. The van der Waals surface area contributed by atoms with Gasteiger partial charge in [-0.15, -0.1) is 16.4 Å². The van der Waals surface area contributed by atoms with Crippen LogP contribution >= 0.6 is 11.3 Å². The molecule has 0 aliphatic heterocycles. The molecule has 4 N–H and O–H groups in total. The molecule has 37 heavy (non-hydrogen) atoms. The van der Waals surface area contributed by atoms with E-state index in [1.165, 1.54) is 11.3 Å². The number of alkyl halides is 1. The van der Waals surface area contributed by atoms with Crippen molar-refractivity contribution in [3.05, 3.63) is 107 Å². The number of amides is 2. The summed E-state index contributed by atoms with van der Waals surface area (Å²) >= 11 is 1.38. The van der Waals surface area contributed by atoms with Gasteiger partial charge in [0, 0.05) is 16.1 Å². The van der Waals surface area contributed by atoms with Crippen LogP contribution < -0.4 is 16.4 Å². The summed E-state index contributed by atoms with van der Waals surface area (Å²) in [5.41, 5.74) is 8.40. The van der Waals surface area contributed by atoms with Crippen molar-refractivity contribution < 1.29 is 14.0 Å². The average molecular weight is 514 g/mol. The number of hydrogen-bond acceptors (Lipinski definition) is 5. The fourth-order valence-corrected chi connectivity index (χ4v) is 5.02. The van der Waals surface area contributed by atoms with Crippen LogP contribution in [0, 0.1) is 0 Å². The van der Waals surface area contributed by atoms with Gasteiger partial charge < -0.3 is 16.4 Å². The highest BCUT2D eigenvalue weighted by atomic mass is 32.1. The summed E-state index contributed by atoms with van der Waals surface area (Å²) in [7, 11) is 0. The minimum atomic E-state index is -1.79. The van der Waals surface area contributed by atoms with E-state index < -0.39 is 12.1 Å². The zero-order chi connectivity index (χ0) is 25.8. The Hall–Kier alpha value is -4.50. The molecular formula is C28H24FN5O2S. The first-order chi connectivity index (χ1) is 18.0. The van der Waals surface area contributed by atoms with Crippen LogP contribution in [0.2, 0.25) is 0 Å². The highest BCUT2D eigenvalue weighted by Crippen LogP contribution is 2.30. The molecule has 2 aromatic heterocycles. The Kier molecular flexibility index (Phi) is 6.96. The minimum absolute atomic E-state index is 0.114. The van der Waals surface area contributed by atoms with E-state index in [1.54, 1.807) is 29.1 Å². The van der Waals surface area contributed by atoms with E-state index in [0.717, 1.165) is 26.2 Å². The number of nitrogens with two attached hydrogens (primary N) is 1. The number of rotatable bonds is 8. The largest absolute Gasteiger partial charge is 0.394 e. The number of para-hydroxylation sites is 1. The lowest BCUT2D eigenvalue weighted by atomic mass is 10.1. The fraction of sp³-hybridized carbons (Fsp3) is 0.107. The third-order valence-corrected chi connectivity index (χ3v) is 6.88. The molecule has 9 heteroatoms. The molecule has 0 saturated carbocycles.